The van der Waals surface area contributed by atoms with Crippen molar-refractivity contribution < 1.29 is 9.72 Å². The molecule has 1 heterocycles. The maximum Gasteiger partial charge on any atom is 0.288 e. The highest BCUT2D eigenvalue weighted by atomic mass is 35.5. The average Bonchev–Trinajstić information content (AvgIpc) is 2.72. The third-order valence-electron chi connectivity index (χ3n) is 4.72. The topological polar surface area (TPSA) is 91.1 Å². The van der Waals surface area contributed by atoms with Crippen LogP contribution in [0.1, 0.15) is 11.1 Å². The molecule has 2 aromatic carbocycles. The van der Waals surface area contributed by atoms with Gasteiger partial charge in [0, 0.05) is 49.4 Å². The first-order valence-electron chi connectivity index (χ1n) is 9.36. The first-order valence-corrected chi connectivity index (χ1v) is 10.1. The Morgan fingerprint density at radius 3 is 2.43 bits per heavy atom. The van der Waals surface area contributed by atoms with E-state index in [4.69, 9.17) is 23.2 Å². The lowest BCUT2D eigenvalue weighted by atomic mass is 10.2. The fourth-order valence-corrected chi connectivity index (χ4v) is 3.43. The van der Waals surface area contributed by atoms with Gasteiger partial charge in [0.1, 0.15) is 5.02 Å². The van der Waals surface area contributed by atoms with Crippen molar-refractivity contribution in [2.24, 2.45) is 5.10 Å². The highest BCUT2D eigenvalue weighted by Gasteiger charge is 2.19. The van der Waals surface area contributed by atoms with Crippen LogP contribution >= 0.6 is 23.2 Å². The molecule has 0 spiro atoms. The van der Waals surface area contributed by atoms with E-state index in [1.807, 2.05) is 24.3 Å². The molecule has 10 heteroatoms. The van der Waals surface area contributed by atoms with Crippen LogP contribution in [0.3, 0.4) is 0 Å². The van der Waals surface area contributed by atoms with Crippen molar-refractivity contribution in [3.63, 3.8) is 0 Å². The summed E-state index contributed by atoms with van der Waals surface area (Å²) >= 11 is 11.7. The lowest BCUT2D eigenvalue weighted by Gasteiger charge is -2.34. The standard InChI is InChI=1S/C20H21Cl2N5O3/c21-17-4-1-15(2-5-17)13-25-7-9-26(10-8-25)14-20(28)24-23-12-16-3-6-18(22)19(11-16)27(29)30/h1-6,11-12H,7-10,13-14H2,(H,24,28)/b23-12+. The summed E-state index contributed by atoms with van der Waals surface area (Å²) in [5.74, 6) is -0.235. The van der Waals surface area contributed by atoms with E-state index in [0.29, 0.717) is 5.56 Å². The van der Waals surface area contributed by atoms with E-state index >= 15 is 0 Å². The van der Waals surface area contributed by atoms with Crippen molar-refractivity contribution in [3.8, 4) is 0 Å². The molecular weight excluding hydrogens is 429 g/mol. The van der Waals surface area contributed by atoms with Gasteiger partial charge < -0.3 is 0 Å². The van der Waals surface area contributed by atoms with E-state index < -0.39 is 4.92 Å². The van der Waals surface area contributed by atoms with E-state index in [1.165, 1.54) is 23.9 Å². The maximum absolute atomic E-state index is 12.1. The molecule has 1 fully saturated rings. The molecule has 0 unspecified atom stereocenters. The van der Waals surface area contributed by atoms with E-state index in [1.54, 1.807) is 6.07 Å². The van der Waals surface area contributed by atoms with E-state index in [2.05, 4.69) is 20.3 Å². The second-order valence-electron chi connectivity index (χ2n) is 6.94. The third kappa shape index (κ3) is 6.50. The summed E-state index contributed by atoms with van der Waals surface area (Å²) in [7, 11) is 0. The highest BCUT2D eigenvalue weighted by Crippen LogP contribution is 2.24. The number of nitro benzene ring substituents is 1. The fourth-order valence-electron chi connectivity index (χ4n) is 3.12. The summed E-state index contributed by atoms with van der Waals surface area (Å²) in [5, 5.41) is 15.6. The first kappa shape index (κ1) is 22.2. The van der Waals surface area contributed by atoms with Crippen LogP contribution in [0.4, 0.5) is 5.69 Å². The lowest BCUT2D eigenvalue weighted by molar-refractivity contribution is -0.384. The second kappa shape index (κ2) is 10.5. The minimum Gasteiger partial charge on any atom is -0.297 e. The number of hydrazone groups is 1. The molecule has 0 bridgehead atoms. The molecule has 1 N–H and O–H groups in total. The molecule has 8 nitrogen and oxygen atoms in total. The van der Waals surface area contributed by atoms with Gasteiger partial charge in [-0.3, -0.25) is 24.7 Å². The van der Waals surface area contributed by atoms with E-state index in [9.17, 15) is 14.9 Å². The fraction of sp³-hybridized carbons (Fsp3) is 0.300. The zero-order valence-corrected chi connectivity index (χ0v) is 17.6. The Hall–Kier alpha value is -2.52. The summed E-state index contributed by atoms with van der Waals surface area (Å²) in [6, 6.07) is 12.1. The van der Waals surface area contributed by atoms with Crippen LogP contribution in [-0.4, -0.2) is 59.6 Å². The van der Waals surface area contributed by atoms with Crippen LogP contribution in [0.15, 0.2) is 47.6 Å². The predicted octanol–water partition coefficient (Wildman–Crippen LogP) is 3.17. The van der Waals surface area contributed by atoms with Crippen LogP contribution in [0.5, 0.6) is 0 Å². The summed E-state index contributed by atoms with van der Waals surface area (Å²) in [6.45, 7) is 4.41. The van der Waals surface area contributed by atoms with Gasteiger partial charge in [0.05, 0.1) is 17.7 Å². The minimum absolute atomic E-state index is 0.0522. The van der Waals surface area contributed by atoms with Crippen molar-refractivity contribution in [2.75, 3.05) is 32.7 Å². The van der Waals surface area contributed by atoms with E-state index in [-0.39, 0.29) is 23.2 Å². The smallest absolute Gasteiger partial charge is 0.288 e. The normalized spacial score (nSPS) is 15.4. The number of piperazine rings is 1. The number of benzene rings is 2. The number of carbonyl (C=O) groups is 1. The van der Waals surface area contributed by atoms with Gasteiger partial charge in [-0.1, -0.05) is 41.4 Å². The molecule has 0 saturated carbocycles. The van der Waals surface area contributed by atoms with Crippen LogP contribution in [0.2, 0.25) is 10.0 Å². The number of rotatable bonds is 7. The zero-order chi connectivity index (χ0) is 21.5. The quantitative estimate of drug-likeness (QED) is 0.398. The predicted molar refractivity (Wildman–Crippen MR) is 117 cm³/mol. The third-order valence-corrected chi connectivity index (χ3v) is 5.29. The summed E-state index contributed by atoms with van der Waals surface area (Å²) in [6.07, 6.45) is 1.35. The Morgan fingerprint density at radius 1 is 1.10 bits per heavy atom. The van der Waals surface area contributed by atoms with Crippen molar-refractivity contribution in [1.29, 1.82) is 0 Å². The maximum atomic E-state index is 12.1. The Labute approximate surface area is 184 Å². The molecule has 1 amide bonds. The van der Waals surface area contributed by atoms with Crippen LogP contribution < -0.4 is 5.43 Å². The van der Waals surface area contributed by atoms with Gasteiger partial charge in [-0.05, 0) is 23.8 Å². The Balaban J connectivity index is 1.41. The number of amides is 1. The number of halogens is 2. The number of carbonyl (C=O) groups excluding carboxylic acids is 1. The molecule has 2 aromatic rings. The molecule has 0 aromatic heterocycles. The molecule has 1 saturated heterocycles. The molecule has 3 rings (SSSR count). The molecule has 0 aliphatic carbocycles. The monoisotopic (exact) mass is 449 g/mol. The Morgan fingerprint density at radius 2 is 1.77 bits per heavy atom. The van der Waals surface area contributed by atoms with Gasteiger partial charge in [-0.2, -0.15) is 5.10 Å². The van der Waals surface area contributed by atoms with Crippen molar-refractivity contribution in [2.45, 2.75) is 6.54 Å². The van der Waals surface area contributed by atoms with Crippen molar-refractivity contribution >= 4 is 41.0 Å². The SMILES string of the molecule is O=C(CN1CCN(Cc2ccc(Cl)cc2)CC1)N/N=C/c1ccc(Cl)c([N+](=O)[O-])c1. The minimum atomic E-state index is -0.565. The van der Waals surface area contributed by atoms with Crippen LogP contribution in [0, 0.1) is 10.1 Å². The highest BCUT2D eigenvalue weighted by molar-refractivity contribution is 6.32. The van der Waals surface area contributed by atoms with Gasteiger partial charge in [-0.15, -0.1) is 0 Å². The average molecular weight is 450 g/mol. The number of hydrogen-bond acceptors (Lipinski definition) is 6. The molecule has 158 valence electrons. The first-order chi connectivity index (χ1) is 14.4. The largest absolute Gasteiger partial charge is 0.297 e. The van der Waals surface area contributed by atoms with Crippen molar-refractivity contribution in [1.82, 2.24) is 15.2 Å². The van der Waals surface area contributed by atoms with Gasteiger partial charge in [-0.25, -0.2) is 5.43 Å². The van der Waals surface area contributed by atoms with Crippen LogP contribution in [-0.2, 0) is 11.3 Å². The molecular formula is C20H21Cl2N5O3. The number of nitrogens with zero attached hydrogens (tertiary/aromatic N) is 4. The molecule has 1 aliphatic heterocycles. The van der Waals surface area contributed by atoms with Gasteiger partial charge in [0.15, 0.2) is 0 Å². The number of nitrogens with one attached hydrogen (secondary N) is 1. The van der Waals surface area contributed by atoms with Gasteiger partial charge >= 0.3 is 0 Å². The molecule has 30 heavy (non-hydrogen) atoms. The molecule has 0 atom stereocenters. The van der Waals surface area contributed by atoms with Gasteiger partial charge in [0.25, 0.3) is 11.6 Å². The number of nitro groups is 1. The van der Waals surface area contributed by atoms with Crippen molar-refractivity contribution in [3.05, 3.63) is 73.8 Å². The van der Waals surface area contributed by atoms with E-state index in [0.717, 1.165) is 37.7 Å². The Kier molecular flexibility index (Phi) is 7.75. The lowest BCUT2D eigenvalue weighted by Crippen LogP contribution is -2.48. The Bertz CT molecular complexity index is 929. The summed E-state index contributed by atoms with van der Waals surface area (Å²) in [4.78, 5) is 26.9. The second-order valence-corrected chi connectivity index (χ2v) is 7.78. The molecule has 1 aliphatic rings. The number of hydrogen-bond donors (Lipinski definition) is 1. The van der Waals surface area contributed by atoms with Gasteiger partial charge in [0.2, 0.25) is 0 Å². The zero-order valence-electron chi connectivity index (χ0n) is 16.1. The summed E-state index contributed by atoms with van der Waals surface area (Å²) < 4.78 is 0. The summed E-state index contributed by atoms with van der Waals surface area (Å²) in [5.41, 5.74) is 3.94. The molecule has 0 radical (unpaired) electrons. The van der Waals surface area contributed by atoms with Crippen LogP contribution in [0.25, 0.3) is 0 Å².